The van der Waals surface area contributed by atoms with Gasteiger partial charge in [0.25, 0.3) is 0 Å². The number of hydrazine groups is 1. The SMILES string of the molecule is CCS(=O)(=O)CCCC(CCCOC)NN. The van der Waals surface area contributed by atoms with Gasteiger partial charge in [-0.15, -0.1) is 0 Å². The number of ether oxygens (including phenoxy) is 1. The molecule has 98 valence electrons. The van der Waals surface area contributed by atoms with Crippen LogP contribution in [0.3, 0.4) is 0 Å². The second-order valence-corrected chi connectivity index (χ2v) is 6.35. The molecule has 0 aromatic carbocycles. The van der Waals surface area contributed by atoms with Crippen LogP contribution >= 0.6 is 0 Å². The quantitative estimate of drug-likeness (QED) is 0.335. The maximum Gasteiger partial charge on any atom is 0.150 e. The van der Waals surface area contributed by atoms with Crippen LogP contribution in [0.1, 0.15) is 32.6 Å². The predicted molar refractivity (Wildman–Crippen MR) is 65.8 cm³/mol. The van der Waals surface area contributed by atoms with Crippen LogP contribution in [0.25, 0.3) is 0 Å². The summed E-state index contributed by atoms with van der Waals surface area (Å²) >= 11 is 0. The maximum absolute atomic E-state index is 11.3. The second kappa shape index (κ2) is 8.92. The van der Waals surface area contributed by atoms with Crippen molar-refractivity contribution in [2.24, 2.45) is 5.84 Å². The van der Waals surface area contributed by atoms with Crippen molar-refractivity contribution in [2.45, 2.75) is 38.6 Å². The third kappa shape index (κ3) is 8.04. The zero-order chi connectivity index (χ0) is 12.4. The molecule has 0 spiro atoms. The van der Waals surface area contributed by atoms with Gasteiger partial charge in [-0.1, -0.05) is 6.92 Å². The van der Waals surface area contributed by atoms with E-state index in [2.05, 4.69) is 5.43 Å². The Labute approximate surface area is 98.6 Å². The largest absolute Gasteiger partial charge is 0.385 e. The highest BCUT2D eigenvalue weighted by molar-refractivity contribution is 7.91. The van der Waals surface area contributed by atoms with Crippen LogP contribution in [0.4, 0.5) is 0 Å². The van der Waals surface area contributed by atoms with Crippen LogP contribution in [0.15, 0.2) is 0 Å². The Morgan fingerprint density at radius 2 is 1.94 bits per heavy atom. The first-order valence-corrected chi connectivity index (χ1v) is 7.53. The first-order chi connectivity index (χ1) is 7.55. The van der Waals surface area contributed by atoms with Crippen LogP contribution in [-0.2, 0) is 14.6 Å². The molecule has 0 heterocycles. The molecule has 0 fully saturated rings. The predicted octanol–water partition coefficient (Wildman–Crippen LogP) is 0.460. The lowest BCUT2D eigenvalue weighted by Gasteiger charge is -2.15. The van der Waals surface area contributed by atoms with Crippen molar-refractivity contribution in [3.8, 4) is 0 Å². The zero-order valence-electron chi connectivity index (χ0n) is 10.2. The lowest BCUT2D eigenvalue weighted by Crippen LogP contribution is -2.35. The number of nitrogens with two attached hydrogens (primary N) is 1. The molecule has 5 nitrogen and oxygen atoms in total. The molecule has 0 aromatic rings. The summed E-state index contributed by atoms with van der Waals surface area (Å²) in [6, 6.07) is 0.183. The minimum atomic E-state index is -2.84. The zero-order valence-corrected chi connectivity index (χ0v) is 11.1. The summed E-state index contributed by atoms with van der Waals surface area (Å²) in [6.45, 7) is 2.39. The van der Waals surface area contributed by atoms with Crippen LogP contribution in [0.5, 0.6) is 0 Å². The molecule has 0 amide bonds. The van der Waals surface area contributed by atoms with E-state index < -0.39 is 9.84 Å². The Bertz CT molecular complexity index is 255. The minimum absolute atomic E-state index is 0.183. The topological polar surface area (TPSA) is 81.4 Å². The minimum Gasteiger partial charge on any atom is -0.385 e. The van der Waals surface area contributed by atoms with Crippen molar-refractivity contribution >= 4 is 9.84 Å². The van der Waals surface area contributed by atoms with Crippen LogP contribution in [-0.4, -0.2) is 39.7 Å². The average molecular weight is 252 g/mol. The van der Waals surface area contributed by atoms with E-state index in [4.69, 9.17) is 10.6 Å². The van der Waals surface area contributed by atoms with Gasteiger partial charge in [-0.25, -0.2) is 8.42 Å². The third-order valence-corrected chi connectivity index (χ3v) is 4.37. The molecule has 0 aliphatic carbocycles. The van der Waals surface area contributed by atoms with Crippen molar-refractivity contribution in [2.75, 3.05) is 25.2 Å². The van der Waals surface area contributed by atoms with Crippen LogP contribution < -0.4 is 11.3 Å². The molecular formula is C10H24N2O3S. The molecule has 0 aromatic heterocycles. The summed E-state index contributed by atoms with van der Waals surface area (Å²) in [5.74, 6) is 5.87. The molecule has 16 heavy (non-hydrogen) atoms. The van der Waals surface area contributed by atoms with Gasteiger partial charge in [0.2, 0.25) is 0 Å². The Morgan fingerprint density at radius 3 is 2.44 bits per heavy atom. The fourth-order valence-corrected chi connectivity index (χ4v) is 2.37. The van der Waals surface area contributed by atoms with E-state index in [1.54, 1.807) is 14.0 Å². The Kier molecular flexibility index (Phi) is 8.83. The van der Waals surface area contributed by atoms with Gasteiger partial charge < -0.3 is 4.74 Å². The number of nitrogens with one attached hydrogen (secondary N) is 1. The molecule has 1 unspecified atom stereocenters. The van der Waals surface area contributed by atoms with E-state index in [0.717, 1.165) is 19.3 Å². The summed E-state index contributed by atoms with van der Waals surface area (Å²) in [6.07, 6.45) is 3.31. The summed E-state index contributed by atoms with van der Waals surface area (Å²) in [4.78, 5) is 0. The molecule has 0 rings (SSSR count). The van der Waals surface area contributed by atoms with Crippen molar-refractivity contribution in [1.29, 1.82) is 0 Å². The first-order valence-electron chi connectivity index (χ1n) is 5.71. The number of hydrogen-bond donors (Lipinski definition) is 2. The molecule has 1 atom stereocenters. The molecule has 0 radical (unpaired) electrons. The monoisotopic (exact) mass is 252 g/mol. The number of rotatable bonds is 10. The highest BCUT2D eigenvalue weighted by Crippen LogP contribution is 2.06. The number of hydrogen-bond acceptors (Lipinski definition) is 5. The molecule has 0 aliphatic rings. The molecule has 3 N–H and O–H groups in total. The highest BCUT2D eigenvalue weighted by Gasteiger charge is 2.10. The van der Waals surface area contributed by atoms with Gasteiger partial charge in [0.1, 0.15) is 9.84 Å². The molecular weight excluding hydrogens is 228 g/mol. The van der Waals surface area contributed by atoms with Gasteiger partial charge in [0.15, 0.2) is 0 Å². The second-order valence-electron chi connectivity index (χ2n) is 3.88. The average Bonchev–Trinajstić information content (AvgIpc) is 2.27. The fourth-order valence-electron chi connectivity index (χ4n) is 1.48. The van der Waals surface area contributed by atoms with E-state index in [9.17, 15) is 8.42 Å². The van der Waals surface area contributed by atoms with Gasteiger partial charge in [-0.3, -0.25) is 11.3 Å². The van der Waals surface area contributed by atoms with E-state index in [1.807, 2.05) is 0 Å². The Hall–Kier alpha value is -0.170. The van der Waals surface area contributed by atoms with Gasteiger partial charge in [-0.05, 0) is 25.7 Å². The summed E-state index contributed by atoms with van der Waals surface area (Å²) in [7, 11) is -1.18. The van der Waals surface area contributed by atoms with E-state index in [1.165, 1.54) is 0 Å². The van der Waals surface area contributed by atoms with Crippen molar-refractivity contribution in [1.82, 2.24) is 5.43 Å². The van der Waals surface area contributed by atoms with Crippen molar-refractivity contribution in [3.05, 3.63) is 0 Å². The lowest BCUT2D eigenvalue weighted by molar-refractivity contribution is 0.188. The normalized spacial score (nSPS) is 13.9. The van der Waals surface area contributed by atoms with Gasteiger partial charge in [0, 0.05) is 25.5 Å². The molecule has 6 heteroatoms. The number of sulfone groups is 1. The van der Waals surface area contributed by atoms with Gasteiger partial charge >= 0.3 is 0 Å². The summed E-state index contributed by atoms with van der Waals surface area (Å²) < 4.78 is 27.5. The highest BCUT2D eigenvalue weighted by atomic mass is 32.2. The van der Waals surface area contributed by atoms with Gasteiger partial charge in [0.05, 0.1) is 5.75 Å². The van der Waals surface area contributed by atoms with E-state index in [0.29, 0.717) is 13.0 Å². The van der Waals surface area contributed by atoms with E-state index >= 15 is 0 Å². The summed E-state index contributed by atoms with van der Waals surface area (Å²) in [5.41, 5.74) is 2.71. The lowest BCUT2D eigenvalue weighted by atomic mass is 10.1. The molecule has 0 aliphatic heterocycles. The van der Waals surface area contributed by atoms with E-state index in [-0.39, 0.29) is 17.5 Å². The standard InChI is InChI=1S/C10H24N2O3S/c1-3-16(13,14)9-5-7-10(12-11)6-4-8-15-2/h10,12H,3-9,11H2,1-2H3. The Balaban J connectivity index is 3.70. The Morgan fingerprint density at radius 1 is 1.31 bits per heavy atom. The molecule has 0 bridgehead atoms. The molecule has 0 saturated heterocycles. The first kappa shape index (κ1) is 15.8. The van der Waals surface area contributed by atoms with Crippen LogP contribution in [0.2, 0.25) is 0 Å². The molecule has 0 saturated carbocycles. The van der Waals surface area contributed by atoms with Crippen molar-refractivity contribution in [3.63, 3.8) is 0 Å². The maximum atomic E-state index is 11.3. The third-order valence-electron chi connectivity index (χ3n) is 2.58. The number of methoxy groups -OCH3 is 1. The summed E-state index contributed by atoms with van der Waals surface area (Å²) in [5, 5.41) is 0. The van der Waals surface area contributed by atoms with Crippen molar-refractivity contribution < 1.29 is 13.2 Å². The van der Waals surface area contributed by atoms with Crippen LogP contribution in [0, 0.1) is 0 Å². The smallest absolute Gasteiger partial charge is 0.150 e. The fraction of sp³-hybridized carbons (Fsp3) is 1.00. The van der Waals surface area contributed by atoms with Gasteiger partial charge in [-0.2, -0.15) is 0 Å².